The van der Waals surface area contributed by atoms with Crippen molar-refractivity contribution in [3.05, 3.63) is 77.9 Å². The molecule has 1 N–H and O–H groups in total. The highest BCUT2D eigenvalue weighted by atomic mass is 33.1. The Bertz CT molecular complexity index is 960. The number of rotatable bonds is 8. The van der Waals surface area contributed by atoms with Crippen LogP contribution in [0.15, 0.2) is 49.2 Å². The summed E-state index contributed by atoms with van der Waals surface area (Å²) in [5.74, 6) is -2.00. The summed E-state index contributed by atoms with van der Waals surface area (Å²) in [6.07, 6.45) is 4.22. The van der Waals surface area contributed by atoms with Crippen molar-refractivity contribution in [2.75, 3.05) is 0 Å². The third-order valence-corrected chi connectivity index (χ3v) is 7.82. The van der Waals surface area contributed by atoms with Crippen LogP contribution in [-0.2, 0) is 12.1 Å². The Morgan fingerprint density at radius 2 is 1.93 bits per heavy atom. The SMILES string of the molecule is CC(SS[C@H](C)[C@](O)(Cn1cncn1)c1ccc(F)cc1F)c1ncccc1F. The molecule has 3 rings (SSSR count). The third-order valence-electron chi connectivity index (χ3n) is 4.46. The monoisotopic (exact) mass is 440 g/mol. The lowest BCUT2D eigenvalue weighted by Crippen LogP contribution is -2.41. The lowest BCUT2D eigenvalue weighted by Gasteiger charge is -2.34. The lowest BCUT2D eigenvalue weighted by atomic mass is 9.90. The second-order valence-electron chi connectivity index (χ2n) is 6.49. The molecule has 3 aromatic rings. The van der Waals surface area contributed by atoms with Gasteiger partial charge in [-0.3, -0.25) is 4.98 Å². The van der Waals surface area contributed by atoms with Crippen LogP contribution in [0, 0.1) is 17.5 Å². The first-order valence-electron chi connectivity index (χ1n) is 8.74. The van der Waals surface area contributed by atoms with Gasteiger partial charge in [-0.15, -0.1) is 0 Å². The number of hydrogen-bond acceptors (Lipinski definition) is 6. The molecule has 0 aliphatic heterocycles. The van der Waals surface area contributed by atoms with E-state index in [0.717, 1.165) is 12.1 Å². The Balaban J connectivity index is 1.84. The second kappa shape index (κ2) is 9.19. The summed E-state index contributed by atoms with van der Waals surface area (Å²) >= 11 is 0. The second-order valence-corrected chi connectivity index (χ2v) is 9.44. The van der Waals surface area contributed by atoms with Gasteiger partial charge in [0.1, 0.15) is 35.7 Å². The topological polar surface area (TPSA) is 63.8 Å². The van der Waals surface area contributed by atoms with Gasteiger partial charge >= 0.3 is 0 Å². The van der Waals surface area contributed by atoms with Gasteiger partial charge in [-0.1, -0.05) is 27.7 Å². The summed E-state index contributed by atoms with van der Waals surface area (Å²) in [6, 6.07) is 5.91. The summed E-state index contributed by atoms with van der Waals surface area (Å²) in [5.41, 5.74) is -1.47. The van der Waals surface area contributed by atoms with E-state index in [1.54, 1.807) is 13.8 Å². The van der Waals surface area contributed by atoms with Crippen molar-refractivity contribution in [2.24, 2.45) is 0 Å². The molecule has 0 amide bonds. The van der Waals surface area contributed by atoms with Gasteiger partial charge in [-0.2, -0.15) is 5.10 Å². The first kappa shape index (κ1) is 21.7. The Morgan fingerprint density at radius 1 is 1.14 bits per heavy atom. The van der Waals surface area contributed by atoms with E-state index < -0.39 is 28.3 Å². The Labute approximate surface area is 174 Å². The fourth-order valence-electron chi connectivity index (χ4n) is 2.82. The standard InChI is InChI=1S/C19H19F3N4OS2/c1-12(18-16(21)4-3-7-24-18)28-29-13(2)19(27,9-26-11-23-10-25-26)15-6-5-14(20)8-17(15)22/h3-8,10-13,27H,9H2,1-2H3/t12?,13-,19-/m1/s1. The van der Waals surface area contributed by atoms with Gasteiger partial charge in [0, 0.05) is 23.1 Å². The molecule has 3 atom stereocenters. The summed E-state index contributed by atoms with van der Waals surface area (Å²) in [7, 11) is 2.57. The smallest absolute Gasteiger partial charge is 0.145 e. The van der Waals surface area contributed by atoms with Crippen molar-refractivity contribution in [1.29, 1.82) is 0 Å². The molecule has 2 aromatic heterocycles. The first-order valence-corrected chi connectivity index (χ1v) is 11.0. The van der Waals surface area contributed by atoms with E-state index in [0.29, 0.717) is 5.69 Å². The van der Waals surface area contributed by atoms with Crippen LogP contribution in [0.1, 0.15) is 30.4 Å². The maximum atomic E-state index is 14.5. The van der Waals surface area contributed by atoms with Crippen molar-refractivity contribution in [3.63, 3.8) is 0 Å². The van der Waals surface area contributed by atoms with Gasteiger partial charge in [0.2, 0.25) is 0 Å². The average Bonchev–Trinajstić information content (AvgIpc) is 3.18. The van der Waals surface area contributed by atoms with Crippen molar-refractivity contribution in [1.82, 2.24) is 19.7 Å². The zero-order valence-electron chi connectivity index (χ0n) is 15.7. The molecule has 0 aliphatic rings. The highest BCUT2D eigenvalue weighted by Crippen LogP contribution is 2.46. The fourth-order valence-corrected chi connectivity index (χ4v) is 5.53. The van der Waals surface area contributed by atoms with E-state index in [-0.39, 0.29) is 17.4 Å². The van der Waals surface area contributed by atoms with E-state index in [4.69, 9.17) is 0 Å². The molecule has 1 unspecified atom stereocenters. The minimum absolute atomic E-state index is 0.0494. The fraction of sp³-hybridized carbons (Fsp3) is 0.316. The maximum Gasteiger partial charge on any atom is 0.145 e. The number of halogens is 3. The first-order chi connectivity index (χ1) is 13.8. The van der Waals surface area contributed by atoms with Crippen LogP contribution in [0.4, 0.5) is 13.2 Å². The molecule has 0 spiro atoms. The van der Waals surface area contributed by atoms with Gasteiger partial charge in [0.05, 0.1) is 17.5 Å². The summed E-state index contributed by atoms with van der Waals surface area (Å²) < 4.78 is 43.3. The van der Waals surface area contributed by atoms with E-state index in [9.17, 15) is 18.3 Å². The third kappa shape index (κ3) is 4.93. The molecule has 0 saturated heterocycles. The number of hydrogen-bond donors (Lipinski definition) is 1. The number of nitrogens with zero attached hydrogens (tertiary/aromatic N) is 4. The molecule has 29 heavy (non-hydrogen) atoms. The van der Waals surface area contributed by atoms with Crippen molar-refractivity contribution >= 4 is 21.6 Å². The maximum absolute atomic E-state index is 14.5. The van der Waals surface area contributed by atoms with E-state index in [1.165, 1.54) is 63.3 Å². The molecule has 0 bridgehead atoms. The molecule has 0 aliphatic carbocycles. The van der Waals surface area contributed by atoms with Crippen molar-refractivity contribution in [2.45, 2.75) is 36.5 Å². The number of pyridine rings is 1. The van der Waals surface area contributed by atoms with E-state index >= 15 is 0 Å². The Kier molecular flexibility index (Phi) is 6.86. The summed E-state index contributed by atoms with van der Waals surface area (Å²) in [6.45, 7) is 3.43. The van der Waals surface area contributed by atoms with Crippen LogP contribution in [-0.4, -0.2) is 30.1 Å². The Morgan fingerprint density at radius 3 is 2.59 bits per heavy atom. The molecule has 0 saturated carbocycles. The van der Waals surface area contributed by atoms with Gasteiger partial charge in [0.25, 0.3) is 0 Å². The molecule has 5 nitrogen and oxygen atoms in total. The quantitative estimate of drug-likeness (QED) is 0.520. The minimum Gasteiger partial charge on any atom is -0.382 e. The van der Waals surface area contributed by atoms with Crippen molar-refractivity contribution < 1.29 is 18.3 Å². The van der Waals surface area contributed by atoms with Gasteiger partial charge in [-0.25, -0.2) is 22.8 Å². The van der Waals surface area contributed by atoms with Gasteiger partial charge in [-0.05, 0) is 32.0 Å². The van der Waals surface area contributed by atoms with Gasteiger partial charge < -0.3 is 5.11 Å². The molecular formula is C19H19F3N4OS2. The van der Waals surface area contributed by atoms with Gasteiger partial charge in [0.15, 0.2) is 0 Å². The van der Waals surface area contributed by atoms with Crippen LogP contribution in [0.2, 0.25) is 0 Å². The highest BCUT2D eigenvalue weighted by molar-refractivity contribution is 8.77. The van der Waals surface area contributed by atoms with Crippen LogP contribution >= 0.6 is 21.6 Å². The lowest BCUT2D eigenvalue weighted by molar-refractivity contribution is 0.0137. The number of aliphatic hydroxyl groups is 1. The predicted molar refractivity (Wildman–Crippen MR) is 108 cm³/mol. The Hall–Kier alpha value is -2.04. The zero-order chi connectivity index (χ0) is 21.0. The number of aromatic nitrogens is 4. The normalized spacial score (nSPS) is 15.7. The summed E-state index contributed by atoms with van der Waals surface area (Å²) in [4.78, 5) is 7.91. The number of benzene rings is 1. The van der Waals surface area contributed by atoms with Crippen LogP contribution in [0.5, 0.6) is 0 Å². The molecule has 0 radical (unpaired) electrons. The van der Waals surface area contributed by atoms with E-state index in [1.807, 2.05) is 0 Å². The predicted octanol–water partition coefficient (Wildman–Crippen LogP) is 4.51. The van der Waals surface area contributed by atoms with Crippen LogP contribution < -0.4 is 0 Å². The molecule has 0 fully saturated rings. The van der Waals surface area contributed by atoms with E-state index in [2.05, 4.69) is 15.1 Å². The summed E-state index contributed by atoms with van der Waals surface area (Å²) in [5, 5.41) is 14.6. The van der Waals surface area contributed by atoms with Crippen LogP contribution in [0.25, 0.3) is 0 Å². The highest BCUT2D eigenvalue weighted by Gasteiger charge is 2.40. The molecule has 154 valence electrons. The van der Waals surface area contributed by atoms with Crippen LogP contribution in [0.3, 0.4) is 0 Å². The minimum atomic E-state index is -1.72. The average molecular weight is 441 g/mol. The zero-order valence-corrected chi connectivity index (χ0v) is 17.3. The molecule has 1 aromatic carbocycles. The molecular weight excluding hydrogens is 421 g/mol. The molecule has 10 heteroatoms. The van der Waals surface area contributed by atoms with Crippen molar-refractivity contribution in [3.8, 4) is 0 Å². The largest absolute Gasteiger partial charge is 0.382 e. The molecule has 2 heterocycles.